The van der Waals surface area contributed by atoms with Gasteiger partial charge in [0.05, 0.1) is 11.1 Å². The SMILES string of the molecule is O=C(CN1C(=O)c2ccncc2C1=O)Nc1ccc(Oc2ccccc2)cc1. The molecule has 0 spiro atoms. The number of carbonyl (C=O) groups excluding carboxylic acids is 3. The average molecular weight is 373 g/mol. The quantitative estimate of drug-likeness (QED) is 0.694. The van der Waals surface area contributed by atoms with Crippen LogP contribution in [0.1, 0.15) is 20.7 Å². The van der Waals surface area contributed by atoms with E-state index in [1.807, 2.05) is 30.3 Å². The van der Waals surface area contributed by atoms with Crippen molar-refractivity contribution in [1.29, 1.82) is 0 Å². The van der Waals surface area contributed by atoms with Crippen LogP contribution in [0.5, 0.6) is 11.5 Å². The number of pyridine rings is 1. The van der Waals surface area contributed by atoms with Gasteiger partial charge in [0.2, 0.25) is 5.91 Å². The van der Waals surface area contributed by atoms with E-state index in [1.165, 1.54) is 18.5 Å². The first-order valence-corrected chi connectivity index (χ1v) is 8.55. The summed E-state index contributed by atoms with van der Waals surface area (Å²) in [7, 11) is 0. The molecule has 0 saturated carbocycles. The Bertz CT molecular complexity index is 1010. The second-order valence-electron chi connectivity index (χ2n) is 6.11. The molecule has 0 saturated heterocycles. The van der Waals surface area contributed by atoms with Gasteiger partial charge < -0.3 is 10.1 Å². The third-order valence-electron chi connectivity index (χ3n) is 4.19. The summed E-state index contributed by atoms with van der Waals surface area (Å²) in [5.74, 6) is -0.158. The minimum atomic E-state index is -0.519. The van der Waals surface area contributed by atoms with Gasteiger partial charge in [0.15, 0.2) is 0 Å². The summed E-state index contributed by atoms with van der Waals surface area (Å²) >= 11 is 0. The van der Waals surface area contributed by atoms with Gasteiger partial charge in [-0.25, -0.2) is 0 Å². The number of fused-ring (bicyclic) bond motifs is 1. The summed E-state index contributed by atoms with van der Waals surface area (Å²) in [6.45, 7) is -0.366. The molecule has 0 atom stereocenters. The lowest BCUT2D eigenvalue weighted by Gasteiger charge is -2.14. The molecule has 0 bridgehead atoms. The zero-order chi connectivity index (χ0) is 19.5. The highest BCUT2D eigenvalue weighted by molar-refractivity contribution is 6.22. The predicted octanol–water partition coefficient (Wildman–Crippen LogP) is 3.11. The Labute approximate surface area is 160 Å². The minimum absolute atomic E-state index is 0.211. The Morgan fingerprint density at radius 2 is 1.57 bits per heavy atom. The Morgan fingerprint density at radius 1 is 0.893 bits per heavy atom. The number of hydrogen-bond acceptors (Lipinski definition) is 5. The number of rotatable bonds is 5. The summed E-state index contributed by atoms with van der Waals surface area (Å²) in [5, 5.41) is 2.67. The zero-order valence-corrected chi connectivity index (χ0v) is 14.7. The number of hydrogen-bond donors (Lipinski definition) is 1. The minimum Gasteiger partial charge on any atom is -0.457 e. The average Bonchev–Trinajstić information content (AvgIpc) is 2.95. The lowest BCUT2D eigenvalue weighted by atomic mass is 10.2. The van der Waals surface area contributed by atoms with Gasteiger partial charge in [-0.1, -0.05) is 18.2 Å². The van der Waals surface area contributed by atoms with Crippen LogP contribution in [0, 0.1) is 0 Å². The summed E-state index contributed by atoms with van der Waals surface area (Å²) in [4.78, 5) is 41.6. The molecular formula is C21H15N3O4. The summed E-state index contributed by atoms with van der Waals surface area (Å²) in [6.07, 6.45) is 2.77. The van der Waals surface area contributed by atoms with Crippen molar-refractivity contribution in [1.82, 2.24) is 9.88 Å². The van der Waals surface area contributed by atoms with Crippen LogP contribution in [-0.2, 0) is 4.79 Å². The van der Waals surface area contributed by atoms with Crippen LogP contribution < -0.4 is 10.1 Å². The molecule has 0 unspecified atom stereocenters. The van der Waals surface area contributed by atoms with E-state index in [0.29, 0.717) is 17.2 Å². The number of carbonyl (C=O) groups is 3. The van der Waals surface area contributed by atoms with Gasteiger partial charge in [-0.3, -0.25) is 24.3 Å². The van der Waals surface area contributed by atoms with Crippen molar-refractivity contribution >= 4 is 23.4 Å². The van der Waals surface area contributed by atoms with Gasteiger partial charge in [-0.2, -0.15) is 0 Å². The van der Waals surface area contributed by atoms with Crippen LogP contribution in [-0.4, -0.2) is 34.2 Å². The molecule has 0 radical (unpaired) electrons. The fourth-order valence-corrected chi connectivity index (χ4v) is 2.85. The van der Waals surface area contributed by atoms with E-state index in [4.69, 9.17) is 4.74 Å². The maximum absolute atomic E-state index is 12.3. The lowest BCUT2D eigenvalue weighted by Crippen LogP contribution is -2.37. The van der Waals surface area contributed by atoms with Crippen molar-refractivity contribution < 1.29 is 19.1 Å². The van der Waals surface area contributed by atoms with E-state index in [9.17, 15) is 14.4 Å². The molecule has 1 aliphatic heterocycles. The van der Waals surface area contributed by atoms with Crippen LogP contribution in [0.4, 0.5) is 5.69 Å². The van der Waals surface area contributed by atoms with E-state index in [1.54, 1.807) is 24.3 Å². The van der Waals surface area contributed by atoms with Crippen molar-refractivity contribution in [2.75, 3.05) is 11.9 Å². The number of nitrogens with zero attached hydrogens (tertiary/aromatic N) is 2. The Kier molecular flexibility index (Phi) is 4.55. The van der Waals surface area contributed by atoms with E-state index in [0.717, 1.165) is 4.90 Å². The number of imide groups is 1. The van der Waals surface area contributed by atoms with Crippen LogP contribution in [0.25, 0.3) is 0 Å². The van der Waals surface area contributed by atoms with E-state index in [2.05, 4.69) is 10.3 Å². The monoisotopic (exact) mass is 373 g/mol. The fraction of sp³-hybridized carbons (Fsp3) is 0.0476. The van der Waals surface area contributed by atoms with Crippen LogP contribution >= 0.6 is 0 Å². The number of anilines is 1. The fourth-order valence-electron chi connectivity index (χ4n) is 2.85. The highest BCUT2D eigenvalue weighted by atomic mass is 16.5. The molecule has 1 aromatic heterocycles. The van der Waals surface area contributed by atoms with Crippen molar-refractivity contribution in [2.45, 2.75) is 0 Å². The maximum Gasteiger partial charge on any atom is 0.263 e. The van der Waals surface area contributed by atoms with Crippen LogP contribution in [0.15, 0.2) is 73.1 Å². The zero-order valence-electron chi connectivity index (χ0n) is 14.7. The van der Waals surface area contributed by atoms with Crippen molar-refractivity contribution in [3.05, 3.63) is 84.2 Å². The van der Waals surface area contributed by atoms with Crippen molar-refractivity contribution in [2.24, 2.45) is 0 Å². The van der Waals surface area contributed by atoms with Gasteiger partial charge in [0.1, 0.15) is 18.0 Å². The molecule has 138 valence electrons. The van der Waals surface area contributed by atoms with Gasteiger partial charge >= 0.3 is 0 Å². The molecule has 2 heterocycles. The topological polar surface area (TPSA) is 88.6 Å². The molecule has 1 aliphatic rings. The summed E-state index contributed by atoms with van der Waals surface area (Å²) < 4.78 is 5.69. The van der Waals surface area contributed by atoms with Crippen molar-refractivity contribution in [3.63, 3.8) is 0 Å². The van der Waals surface area contributed by atoms with Gasteiger partial charge in [-0.05, 0) is 42.5 Å². The molecule has 4 rings (SSSR count). The normalized spacial score (nSPS) is 12.6. The van der Waals surface area contributed by atoms with Gasteiger partial charge in [-0.15, -0.1) is 0 Å². The Hall–Kier alpha value is -4.00. The number of nitrogens with one attached hydrogen (secondary N) is 1. The maximum atomic E-state index is 12.3. The second kappa shape index (κ2) is 7.32. The molecule has 0 fully saturated rings. The lowest BCUT2D eigenvalue weighted by molar-refractivity contribution is -0.116. The third-order valence-corrected chi connectivity index (χ3v) is 4.19. The molecule has 28 heavy (non-hydrogen) atoms. The van der Waals surface area contributed by atoms with Crippen LogP contribution in [0.3, 0.4) is 0 Å². The molecule has 7 heteroatoms. The number of para-hydroxylation sites is 1. The largest absolute Gasteiger partial charge is 0.457 e. The number of ether oxygens (including phenoxy) is 1. The van der Waals surface area contributed by atoms with Crippen LogP contribution in [0.2, 0.25) is 0 Å². The Morgan fingerprint density at radius 3 is 2.29 bits per heavy atom. The molecule has 3 aromatic rings. The Balaban J connectivity index is 1.38. The first-order valence-electron chi connectivity index (χ1n) is 8.55. The standard InChI is InChI=1S/C21H15N3O4/c25-19(13-24-20(26)17-10-11-22-12-18(17)21(24)27)23-14-6-8-16(9-7-14)28-15-4-2-1-3-5-15/h1-12H,13H2,(H,23,25). The van der Waals surface area contributed by atoms with Gasteiger partial charge in [0.25, 0.3) is 11.8 Å². The third kappa shape index (κ3) is 3.45. The molecule has 3 amide bonds. The molecule has 1 N–H and O–H groups in total. The smallest absolute Gasteiger partial charge is 0.263 e. The summed E-state index contributed by atoms with van der Waals surface area (Å²) in [5.41, 5.74) is 1.00. The van der Waals surface area contributed by atoms with E-state index >= 15 is 0 Å². The number of benzene rings is 2. The van der Waals surface area contributed by atoms with Crippen molar-refractivity contribution in [3.8, 4) is 11.5 Å². The predicted molar refractivity (Wildman–Crippen MR) is 101 cm³/mol. The second-order valence-corrected chi connectivity index (χ2v) is 6.11. The highest BCUT2D eigenvalue weighted by Gasteiger charge is 2.36. The number of aromatic nitrogens is 1. The molecular weight excluding hydrogens is 358 g/mol. The van der Waals surface area contributed by atoms with E-state index < -0.39 is 17.7 Å². The highest BCUT2D eigenvalue weighted by Crippen LogP contribution is 2.23. The van der Waals surface area contributed by atoms with E-state index in [-0.39, 0.29) is 17.7 Å². The molecule has 7 nitrogen and oxygen atoms in total. The van der Waals surface area contributed by atoms with Gasteiger partial charge in [0, 0.05) is 18.1 Å². The molecule has 0 aliphatic carbocycles. The first kappa shape index (κ1) is 17.4. The number of amides is 3. The molecule has 2 aromatic carbocycles. The summed E-state index contributed by atoms with van der Waals surface area (Å²) in [6, 6.07) is 17.6. The first-order chi connectivity index (χ1) is 13.6.